The highest BCUT2D eigenvalue weighted by molar-refractivity contribution is 5.44. The summed E-state index contributed by atoms with van der Waals surface area (Å²) in [5, 5.41) is 3.57. The molecular formula is C20H27NO2. The maximum atomic E-state index is 5.92. The Morgan fingerprint density at radius 1 is 1.00 bits per heavy atom. The molecule has 0 bridgehead atoms. The smallest absolute Gasteiger partial charge is 0.161 e. The van der Waals surface area contributed by atoms with Crippen LogP contribution in [0, 0.1) is 0 Å². The van der Waals surface area contributed by atoms with Crippen LogP contribution in [0.3, 0.4) is 0 Å². The minimum absolute atomic E-state index is 0.354. The fraction of sp³-hybridized carbons (Fsp3) is 0.400. The molecule has 23 heavy (non-hydrogen) atoms. The molecule has 0 heterocycles. The van der Waals surface area contributed by atoms with Crippen LogP contribution in [0.2, 0.25) is 0 Å². The quantitative estimate of drug-likeness (QED) is 0.726. The molecule has 1 atom stereocenters. The second-order valence-electron chi connectivity index (χ2n) is 5.60. The molecule has 0 radical (unpaired) electrons. The van der Waals surface area contributed by atoms with Gasteiger partial charge in [-0.2, -0.15) is 0 Å². The van der Waals surface area contributed by atoms with E-state index in [0.29, 0.717) is 12.6 Å². The molecule has 2 aromatic rings. The molecule has 0 aromatic heterocycles. The van der Waals surface area contributed by atoms with E-state index < -0.39 is 0 Å². The Balaban J connectivity index is 2.09. The highest BCUT2D eigenvalue weighted by Crippen LogP contribution is 2.31. The van der Waals surface area contributed by atoms with Gasteiger partial charge in [0, 0.05) is 6.04 Å². The molecule has 0 aliphatic heterocycles. The molecule has 0 aliphatic carbocycles. The van der Waals surface area contributed by atoms with Crippen LogP contribution in [-0.2, 0) is 6.61 Å². The number of methoxy groups -OCH3 is 1. The van der Waals surface area contributed by atoms with E-state index in [4.69, 9.17) is 9.47 Å². The highest BCUT2D eigenvalue weighted by atomic mass is 16.5. The third kappa shape index (κ3) is 5.00. The first-order valence-electron chi connectivity index (χ1n) is 8.36. The van der Waals surface area contributed by atoms with Crippen LogP contribution >= 0.6 is 0 Å². The largest absolute Gasteiger partial charge is 0.493 e. The molecule has 124 valence electrons. The first-order valence-corrected chi connectivity index (χ1v) is 8.36. The summed E-state index contributed by atoms with van der Waals surface area (Å²) < 4.78 is 11.4. The number of hydrogen-bond acceptors (Lipinski definition) is 3. The molecular weight excluding hydrogens is 286 g/mol. The van der Waals surface area contributed by atoms with Gasteiger partial charge in [-0.05, 0) is 42.6 Å². The fourth-order valence-electron chi connectivity index (χ4n) is 2.57. The summed E-state index contributed by atoms with van der Waals surface area (Å²) in [6.07, 6.45) is 2.18. The number of nitrogens with one attached hydrogen (secondary N) is 1. The zero-order valence-electron chi connectivity index (χ0n) is 14.3. The van der Waals surface area contributed by atoms with Crippen molar-refractivity contribution in [2.24, 2.45) is 0 Å². The Bertz CT molecular complexity index is 583. The SMILES string of the molecule is CCCN[C@@H](CC)c1ccc(OCc2ccccc2)c(OC)c1. The second-order valence-corrected chi connectivity index (χ2v) is 5.60. The Hall–Kier alpha value is -2.00. The van der Waals surface area contributed by atoms with Crippen molar-refractivity contribution in [1.82, 2.24) is 5.32 Å². The van der Waals surface area contributed by atoms with Crippen molar-refractivity contribution in [3.8, 4) is 11.5 Å². The van der Waals surface area contributed by atoms with Crippen molar-refractivity contribution in [3.05, 3.63) is 59.7 Å². The van der Waals surface area contributed by atoms with Crippen LogP contribution in [-0.4, -0.2) is 13.7 Å². The minimum atomic E-state index is 0.354. The van der Waals surface area contributed by atoms with E-state index in [9.17, 15) is 0 Å². The third-order valence-corrected chi connectivity index (χ3v) is 3.88. The predicted octanol–water partition coefficient (Wildman–Crippen LogP) is 4.72. The summed E-state index contributed by atoms with van der Waals surface area (Å²) in [6.45, 7) is 5.94. The van der Waals surface area contributed by atoms with Gasteiger partial charge < -0.3 is 14.8 Å². The highest BCUT2D eigenvalue weighted by Gasteiger charge is 2.12. The van der Waals surface area contributed by atoms with Crippen LogP contribution < -0.4 is 14.8 Å². The van der Waals surface area contributed by atoms with Crippen molar-refractivity contribution in [1.29, 1.82) is 0 Å². The van der Waals surface area contributed by atoms with Crippen molar-refractivity contribution in [2.75, 3.05) is 13.7 Å². The normalized spacial score (nSPS) is 12.0. The summed E-state index contributed by atoms with van der Waals surface area (Å²) in [7, 11) is 1.69. The standard InChI is InChI=1S/C20H27NO2/c1-4-13-21-18(5-2)17-11-12-19(20(14-17)22-3)23-15-16-9-7-6-8-10-16/h6-12,14,18,21H,4-5,13,15H2,1-3H3/t18-/m0/s1. The summed E-state index contributed by atoms with van der Waals surface area (Å²) in [6, 6.07) is 16.7. The van der Waals surface area contributed by atoms with E-state index >= 15 is 0 Å². The molecule has 3 heteroatoms. The van der Waals surface area contributed by atoms with Crippen LogP contribution in [0.1, 0.15) is 43.9 Å². The molecule has 0 unspecified atom stereocenters. The molecule has 0 saturated heterocycles. The first-order chi connectivity index (χ1) is 11.3. The van der Waals surface area contributed by atoms with Crippen LogP contribution in [0.25, 0.3) is 0 Å². The summed E-state index contributed by atoms with van der Waals surface area (Å²) in [5.41, 5.74) is 2.39. The van der Waals surface area contributed by atoms with Crippen molar-refractivity contribution in [3.63, 3.8) is 0 Å². The van der Waals surface area contributed by atoms with Gasteiger partial charge in [-0.15, -0.1) is 0 Å². The first kappa shape index (κ1) is 17.4. The monoisotopic (exact) mass is 313 g/mol. The van der Waals surface area contributed by atoms with E-state index in [-0.39, 0.29) is 0 Å². The zero-order valence-corrected chi connectivity index (χ0v) is 14.3. The van der Waals surface area contributed by atoms with E-state index in [1.54, 1.807) is 7.11 Å². The van der Waals surface area contributed by atoms with Gasteiger partial charge in [0.2, 0.25) is 0 Å². The van der Waals surface area contributed by atoms with Crippen LogP contribution in [0.15, 0.2) is 48.5 Å². The minimum Gasteiger partial charge on any atom is -0.493 e. The van der Waals surface area contributed by atoms with Gasteiger partial charge >= 0.3 is 0 Å². The van der Waals surface area contributed by atoms with Crippen molar-refractivity contribution < 1.29 is 9.47 Å². The van der Waals surface area contributed by atoms with Crippen molar-refractivity contribution >= 4 is 0 Å². The van der Waals surface area contributed by atoms with E-state index in [0.717, 1.165) is 36.4 Å². The number of ether oxygens (including phenoxy) is 2. The fourth-order valence-corrected chi connectivity index (χ4v) is 2.57. The molecule has 0 saturated carbocycles. The summed E-state index contributed by atoms with van der Waals surface area (Å²) in [5.74, 6) is 1.57. The molecule has 2 rings (SSSR count). The maximum Gasteiger partial charge on any atom is 0.161 e. The average Bonchev–Trinajstić information content (AvgIpc) is 2.61. The molecule has 0 fully saturated rings. The molecule has 0 spiro atoms. The lowest BCUT2D eigenvalue weighted by molar-refractivity contribution is 0.284. The predicted molar refractivity (Wildman–Crippen MR) is 95.1 cm³/mol. The Kier molecular flexibility index (Phi) is 6.95. The third-order valence-electron chi connectivity index (χ3n) is 3.88. The van der Waals surface area contributed by atoms with Gasteiger partial charge in [-0.3, -0.25) is 0 Å². The Labute approximate surface area is 139 Å². The molecule has 2 aromatic carbocycles. The maximum absolute atomic E-state index is 5.92. The summed E-state index contributed by atoms with van der Waals surface area (Å²) >= 11 is 0. The number of benzene rings is 2. The lowest BCUT2D eigenvalue weighted by Gasteiger charge is -2.19. The number of hydrogen-bond donors (Lipinski definition) is 1. The lowest BCUT2D eigenvalue weighted by atomic mass is 10.0. The molecule has 3 nitrogen and oxygen atoms in total. The van der Waals surface area contributed by atoms with Gasteiger partial charge in [0.25, 0.3) is 0 Å². The number of rotatable bonds is 9. The van der Waals surface area contributed by atoms with Gasteiger partial charge in [-0.25, -0.2) is 0 Å². The van der Waals surface area contributed by atoms with E-state index in [1.165, 1.54) is 5.56 Å². The molecule has 1 N–H and O–H groups in total. The second kappa shape index (κ2) is 9.21. The van der Waals surface area contributed by atoms with Gasteiger partial charge in [0.1, 0.15) is 6.61 Å². The Morgan fingerprint density at radius 2 is 1.78 bits per heavy atom. The average molecular weight is 313 g/mol. The van der Waals surface area contributed by atoms with Gasteiger partial charge in [-0.1, -0.05) is 50.2 Å². The topological polar surface area (TPSA) is 30.5 Å². The van der Waals surface area contributed by atoms with Gasteiger partial charge in [0.15, 0.2) is 11.5 Å². The zero-order chi connectivity index (χ0) is 16.5. The molecule has 0 amide bonds. The summed E-state index contributed by atoms with van der Waals surface area (Å²) in [4.78, 5) is 0. The van der Waals surface area contributed by atoms with E-state index in [1.807, 2.05) is 24.3 Å². The van der Waals surface area contributed by atoms with Crippen molar-refractivity contribution in [2.45, 2.75) is 39.3 Å². The van der Waals surface area contributed by atoms with Crippen LogP contribution in [0.4, 0.5) is 0 Å². The Morgan fingerprint density at radius 3 is 2.43 bits per heavy atom. The van der Waals surface area contributed by atoms with Crippen LogP contribution in [0.5, 0.6) is 11.5 Å². The lowest BCUT2D eigenvalue weighted by Crippen LogP contribution is -2.21. The van der Waals surface area contributed by atoms with Gasteiger partial charge in [0.05, 0.1) is 7.11 Å². The van der Waals surface area contributed by atoms with E-state index in [2.05, 4.69) is 43.4 Å². The molecule has 0 aliphatic rings.